The van der Waals surface area contributed by atoms with Gasteiger partial charge >= 0.3 is 0 Å². The Morgan fingerprint density at radius 2 is 2.14 bits per heavy atom. The molecule has 1 aromatic carbocycles. The summed E-state index contributed by atoms with van der Waals surface area (Å²) < 4.78 is 19.5. The van der Waals surface area contributed by atoms with Gasteiger partial charge in [-0.1, -0.05) is 6.42 Å². The molecule has 5 heteroatoms. The van der Waals surface area contributed by atoms with Crippen molar-refractivity contribution < 1.29 is 13.9 Å². The summed E-state index contributed by atoms with van der Waals surface area (Å²) in [6, 6.07) is 4.77. The van der Waals surface area contributed by atoms with Crippen molar-refractivity contribution in [2.75, 3.05) is 23.8 Å². The van der Waals surface area contributed by atoms with E-state index in [1.165, 1.54) is 6.07 Å². The standard InChI is InChI=1S/C16H21FN2O2/c17-14-9-12(19-16(20)11-3-1-4-11)6-7-15(14)18-10-13-5-2-8-21-13/h6-7,9,11,13,18H,1-5,8,10H2,(H,19,20). The van der Waals surface area contributed by atoms with E-state index in [9.17, 15) is 9.18 Å². The lowest BCUT2D eigenvalue weighted by Crippen LogP contribution is -2.28. The Morgan fingerprint density at radius 1 is 1.29 bits per heavy atom. The van der Waals surface area contributed by atoms with Crippen LogP contribution in [-0.4, -0.2) is 25.2 Å². The van der Waals surface area contributed by atoms with Gasteiger partial charge in [0.1, 0.15) is 5.82 Å². The summed E-state index contributed by atoms with van der Waals surface area (Å²) in [5.41, 5.74) is 0.971. The van der Waals surface area contributed by atoms with Crippen LogP contribution in [0.5, 0.6) is 0 Å². The van der Waals surface area contributed by atoms with Crippen LogP contribution in [0.4, 0.5) is 15.8 Å². The third-order valence-electron chi connectivity index (χ3n) is 4.26. The fourth-order valence-corrected chi connectivity index (χ4v) is 2.68. The zero-order chi connectivity index (χ0) is 14.7. The summed E-state index contributed by atoms with van der Waals surface area (Å²) in [5.74, 6) is -0.245. The van der Waals surface area contributed by atoms with Crippen molar-refractivity contribution >= 4 is 17.3 Å². The maximum Gasteiger partial charge on any atom is 0.227 e. The summed E-state index contributed by atoms with van der Waals surface area (Å²) in [6.07, 6.45) is 5.25. The van der Waals surface area contributed by atoms with E-state index in [0.717, 1.165) is 38.7 Å². The first-order valence-electron chi connectivity index (χ1n) is 7.68. The van der Waals surface area contributed by atoms with Gasteiger partial charge in [0, 0.05) is 24.8 Å². The van der Waals surface area contributed by atoms with Crippen LogP contribution in [0, 0.1) is 11.7 Å². The Kier molecular flexibility index (Phi) is 4.39. The number of hydrogen-bond donors (Lipinski definition) is 2. The minimum Gasteiger partial charge on any atom is -0.380 e. The van der Waals surface area contributed by atoms with E-state index >= 15 is 0 Å². The van der Waals surface area contributed by atoms with E-state index in [0.29, 0.717) is 17.9 Å². The summed E-state index contributed by atoms with van der Waals surface area (Å²) >= 11 is 0. The zero-order valence-corrected chi connectivity index (χ0v) is 12.0. The van der Waals surface area contributed by atoms with Crippen molar-refractivity contribution in [2.24, 2.45) is 5.92 Å². The van der Waals surface area contributed by atoms with E-state index in [1.807, 2.05) is 0 Å². The van der Waals surface area contributed by atoms with E-state index in [1.54, 1.807) is 12.1 Å². The minimum atomic E-state index is -0.348. The highest BCUT2D eigenvalue weighted by Gasteiger charge is 2.25. The Morgan fingerprint density at radius 3 is 2.76 bits per heavy atom. The molecule has 0 radical (unpaired) electrons. The largest absolute Gasteiger partial charge is 0.380 e. The molecule has 2 aliphatic rings. The summed E-state index contributed by atoms with van der Waals surface area (Å²) in [6.45, 7) is 1.41. The molecule has 0 spiro atoms. The van der Waals surface area contributed by atoms with E-state index in [2.05, 4.69) is 10.6 Å². The van der Waals surface area contributed by atoms with Crippen LogP contribution in [0.15, 0.2) is 18.2 Å². The minimum absolute atomic E-state index is 0.000662. The van der Waals surface area contributed by atoms with Crippen LogP contribution in [0.1, 0.15) is 32.1 Å². The average Bonchev–Trinajstić information content (AvgIpc) is 2.88. The lowest BCUT2D eigenvalue weighted by molar-refractivity contribution is -0.122. The molecule has 4 nitrogen and oxygen atoms in total. The molecule has 1 aliphatic heterocycles. The predicted molar refractivity (Wildman–Crippen MR) is 79.8 cm³/mol. The molecule has 1 heterocycles. The molecule has 1 saturated carbocycles. The molecule has 1 atom stereocenters. The van der Waals surface area contributed by atoms with Crippen molar-refractivity contribution in [3.05, 3.63) is 24.0 Å². The summed E-state index contributed by atoms with van der Waals surface area (Å²) in [5, 5.41) is 5.85. The number of carbonyl (C=O) groups is 1. The second-order valence-corrected chi connectivity index (χ2v) is 5.83. The number of halogens is 1. The molecule has 1 unspecified atom stereocenters. The van der Waals surface area contributed by atoms with Crippen molar-refractivity contribution in [3.8, 4) is 0 Å². The summed E-state index contributed by atoms with van der Waals surface area (Å²) in [4.78, 5) is 11.8. The molecule has 0 aromatic heterocycles. The zero-order valence-electron chi connectivity index (χ0n) is 12.0. The quantitative estimate of drug-likeness (QED) is 0.876. The Bertz CT molecular complexity index is 511. The van der Waals surface area contributed by atoms with Crippen LogP contribution in [0.3, 0.4) is 0 Å². The van der Waals surface area contributed by atoms with Gasteiger partial charge < -0.3 is 15.4 Å². The van der Waals surface area contributed by atoms with Crippen LogP contribution < -0.4 is 10.6 Å². The normalized spacial score (nSPS) is 21.9. The van der Waals surface area contributed by atoms with Gasteiger partial charge in [-0.3, -0.25) is 4.79 Å². The number of anilines is 2. The second-order valence-electron chi connectivity index (χ2n) is 5.83. The topological polar surface area (TPSA) is 50.4 Å². The molecular weight excluding hydrogens is 271 g/mol. The smallest absolute Gasteiger partial charge is 0.227 e. The van der Waals surface area contributed by atoms with Gasteiger partial charge in [0.05, 0.1) is 11.8 Å². The van der Waals surface area contributed by atoms with Crippen molar-refractivity contribution in [3.63, 3.8) is 0 Å². The first kappa shape index (κ1) is 14.3. The molecule has 1 aromatic rings. The highest BCUT2D eigenvalue weighted by atomic mass is 19.1. The number of carbonyl (C=O) groups excluding carboxylic acids is 1. The molecule has 21 heavy (non-hydrogen) atoms. The van der Waals surface area contributed by atoms with E-state index in [4.69, 9.17) is 4.74 Å². The average molecular weight is 292 g/mol. The van der Waals surface area contributed by atoms with Gasteiger partial charge in [-0.15, -0.1) is 0 Å². The van der Waals surface area contributed by atoms with Crippen molar-refractivity contribution in [1.29, 1.82) is 0 Å². The molecule has 1 saturated heterocycles. The first-order chi connectivity index (χ1) is 10.2. The lowest BCUT2D eigenvalue weighted by atomic mass is 9.85. The molecule has 1 aliphatic carbocycles. The highest BCUT2D eigenvalue weighted by Crippen LogP contribution is 2.28. The van der Waals surface area contributed by atoms with Gasteiger partial charge in [0.15, 0.2) is 0 Å². The third kappa shape index (κ3) is 3.53. The van der Waals surface area contributed by atoms with E-state index in [-0.39, 0.29) is 23.7 Å². The van der Waals surface area contributed by atoms with Crippen molar-refractivity contribution in [2.45, 2.75) is 38.2 Å². The lowest BCUT2D eigenvalue weighted by Gasteiger charge is -2.24. The summed E-state index contributed by atoms with van der Waals surface area (Å²) in [7, 11) is 0. The van der Waals surface area contributed by atoms with E-state index < -0.39 is 0 Å². The first-order valence-corrected chi connectivity index (χ1v) is 7.68. The maximum absolute atomic E-state index is 14.0. The van der Waals surface area contributed by atoms with Gasteiger partial charge in [-0.25, -0.2) is 4.39 Å². The molecule has 2 N–H and O–H groups in total. The van der Waals surface area contributed by atoms with Crippen LogP contribution in [0.25, 0.3) is 0 Å². The van der Waals surface area contributed by atoms with Gasteiger partial charge in [-0.05, 0) is 43.9 Å². The number of rotatable bonds is 5. The molecule has 0 bridgehead atoms. The second kappa shape index (κ2) is 6.43. The fourth-order valence-electron chi connectivity index (χ4n) is 2.68. The highest BCUT2D eigenvalue weighted by molar-refractivity contribution is 5.93. The number of benzene rings is 1. The maximum atomic E-state index is 14.0. The number of amides is 1. The molecule has 3 rings (SSSR count). The molecule has 2 fully saturated rings. The Balaban J connectivity index is 1.55. The number of ether oxygens (including phenoxy) is 1. The molecule has 114 valence electrons. The Labute approximate surface area is 124 Å². The van der Waals surface area contributed by atoms with Crippen LogP contribution in [0.2, 0.25) is 0 Å². The number of nitrogens with one attached hydrogen (secondary N) is 2. The van der Waals surface area contributed by atoms with Gasteiger partial charge in [0.25, 0.3) is 0 Å². The van der Waals surface area contributed by atoms with Crippen molar-refractivity contribution in [1.82, 2.24) is 0 Å². The SMILES string of the molecule is O=C(Nc1ccc(NCC2CCCO2)c(F)c1)C1CCC1. The van der Waals surface area contributed by atoms with Crippen LogP contribution in [-0.2, 0) is 9.53 Å². The van der Waals surface area contributed by atoms with Crippen LogP contribution >= 0.6 is 0 Å². The fraction of sp³-hybridized carbons (Fsp3) is 0.562. The third-order valence-corrected chi connectivity index (χ3v) is 4.26. The molecule has 1 amide bonds. The predicted octanol–water partition coefficient (Wildman–Crippen LogP) is 3.16. The monoisotopic (exact) mass is 292 g/mol. The Hall–Kier alpha value is -1.62. The molecular formula is C16H21FN2O2. The number of hydrogen-bond acceptors (Lipinski definition) is 3. The van der Waals surface area contributed by atoms with Gasteiger partial charge in [-0.2, -0.15) is 0 Å². The van der Waals surface area contributed by atoms with Gasteiger partial charge in [0.2, 0.25) is 5.91 Å².